The van der Waals surface area contributed by atoms with Crippen LogP contribution in [0.2, 0.25) is 0 Å². The normalized spacial score (nSPS) is 17.0. The molecule has 0 saturated heterocycles. The van der Waals surface area contributed by atoms with Gasteiger partial charge >= 0.3 is 0 Å². The summed E-state index contributed by atoms with van der Waals surface area (Å²) in [4.78, 5) is 0. The minimum atomic E-state index is 1.12. The minimum absolute atomic E-state index is 1.12. The number of hydrogen-bond donors (Lipinski definition) is 0. The average Bonchev–Trinajstić information content (AvgIpc) is 2.04. The summed E-state index contributed by atoms with van der Waals surface area (Å²) in [6.07, 6.45) is 5.49. The topological polar surface area (TPSA) is 0 Å². The maximum Gasteiger partial charge on any atom is 0.0353 e. The van der Waals surface area contributed by atoms with Gasteiger partial charge in [-0.25, -0.2) is 0 Å². The Bertz CT molecular complexity index is 180. The highest BCUT2D eigenvalue weighted by atomic mass is 127. The summed E-state index contributed by atoms with van der Waals surface area (Å²) in [6.45, 7) is 4.00. The highest BCUT2D eigenvalue weighted by Crippen LogP contribution is 2.36. The zero-order valence-electron chi connectivity index (χ0n) is 6.50. The quantitative estimate of drug-likeness (QED) is 0.422. The van der Waals surface area contributed by atoms with E-state index in [4.69, 9.17) is 0 Å². The van der Waals surface area contributed by atoms with E-state index in [-0.39, 0.29) is 0 Å². The lowest BCUT2D eigenvalue weighted by atomic mass is 10.2. The van der Waals surface area contributed by atoms with E-state index in [1.807, 2.05) is 13.8 Å². The Morgan fingerprint density at radius 2 is 1.73 bits per heavy atom. The molecule has 1 radical (unpaired) electrons. The lowest BCUT2D eigenvalue weighted by Crippen LogP contribution is -1.85. The molecule has 0 fully saturated rings. The van der Waals surface area contributed by atoms with Crippen LogP contribution in [0, 0.1) is 6.42 Å². The second kappa shape index (κ2) is 7.11. The van der Waals surface area contributed by atoms with Gasteiger partial charge in [0.15, 0.2) is 0 Å². The van der Waals surface area contributed by atoms with Crippen molar-refractivity contribution in [2.24, 2.45) is 0 Å². The molecule has 1 aliphatic carbocycles. The van der Waals surface area contributed by atoms with Crippen molar-refractivity contribution in [3.05, 3.63) is 23.2 Å². The highest BCUT2D eigenvalue weighted by molar-refractivity contribution is 14.1. The fourth-order valence-electron chi connectivity index (χ4n) is 0.558. The van der Waals surface area contributed by atoms with Gasteiger partial charge in [-0.15, -0.1) is 0 Å². The van der Waals surface area contributed by atoms with Crippen LogP contribution < -0.4 is 0 Å². The Kier molecular flexibility index (Phi) is 8.19. The van der Waals surface area contributed by atoms with E-state index in [1.165, 1.54) is 10.7 Å². The molecule has 0 heterocycles. The molecule has 0 saturated carbocycles. The van der Waals surface area contributed by atoms with Crippen molar-refractivity contribution in [1.82, 2.24) is 0 Å². The molecule has 3 heteroatoms. The summed E-state index contributed by atoms with van der Waals surface area (Å²) in [5, 5.41) is 0. The Balaban J connectivity index is 0.000000461. The van der Waals surface area contributed by atoms with E-state index in [9.17, 15) is 0 Å². The summed E-state index contributed by atoms with van der Waals surface area (Å²) in [5.41, 5.74) is 0. The predicted molar refractivity (Wildman–Crippen MR) is 77.4 cm³/mol. The molecular weight excluding hydrogens is 477 g/mol. The molecule has 0 bridgehead atoms. The lowest BCUT2D eigenvalue weighted by molar-refractivity contribution is 1.25. The number of allylic oxidation sites excluding steroid dienone is 4. The first-order chi connectivity index (χ1) is 5.22. The maximum absolute atomic E-state index is 2.39. The minimum Gasteiger partial charge on any atom is -0.0683 e. The van der Waals surface area contributed by atoms with Crippen molar-refractivity contribution in [2.75, 3.05) is 0 Å². The Morgan fingerprint density at radius 3 is 2.09 bits per heavy atom. The molecule has 0 aliphatic heterocycles. The zero-order chi connectivity index (χ0) is 8.85. The third-order valence-corrected chi connectivity index (χ3v) is 6.18. The average molecular weight is 487 g/mol. The third-order valence-electron chi connectivity index (χ3n) is 1.01. The molecule has 63 valence electrons. The standard InChI is InChI=1S/C6H4I3.C2H6/c7-4-2-1-3-5(8)6(4)9;1-2/h1-2H,3H2;1-2H3. The van der Waals surface area contributed by atoms with Crippen LogP contribution in [0.1, 0.15) is 20.3 Å². The van der Waals surface area contributed by atoms with Gasteiger partial charge in [0.05, 0.1) is 0 Å². The van der Waals surface area contributed by atoms with Crippen LogP contribution in [-0.2, 0) is 0 Å². The fourth-order valence-corrected chi connectivity index (χ4v) is 2.60. The van der Waals surface area contributed by atoms with Crippen molar-refractivity contribution in [2.45, 2.75) is 20.3 Å². The molecule has 0 aromatic heterocycles. The van der Waals surface area contributed by atoms with E-state index >= 15 is 0 Å². The van der Waals surface area contributed by atoms with Crippen LogP contribution in [0.25, 0.3) is 0 Å². The Hall–Kier alpha value is 1.67. The lowest BCUT2D eigenvalue weighted by Gasteiger charge is -2.07. The van der Waals surface area contributed by atoms with Crippen molar-refractivity contribution in [3.63, 3.8) is 0 Å². The smallest absolute Gasteiger partial charge is 0.0353 e. The van der Waals surface area contributed by atoms with Crippen LogP contribution in [0.4, 0.5) is 0 Å². The number of rotatable bonds is 0. The number of halogens is 3. The second-order valence-electron chi connectivity index (χ2n) is 1.67. The van der Waals surface area contributed by atoms with Gasteiger partial charge in [-0.3, -0.25) is 0 Å². The largest absolute Gasteiger partial charge is 0.0683 e. The van der Waals surface area contributed by atoms with E-state index in [2.05, 4.69) is 80.3 Å². The van der Waals surface area contributed by atoms with Crippen LogP contribution in [0.3, 0.4) is 0 Å². The van der Waals surface area contributed by atoms with Gasteiger partial charge < -0.3 is 0 Å². The van der Waals surface area contributed by atoms with Crippen molar-refractivity contribution < 1.29 is 0 Å². The first kappa shape index (κ1) is 12.7. The molecule has 0 aromatic carbocycles. The van der Waals surface area contributed by atoms with Gasteiger partial charge in [-0.2, -0.15) is 0 Å². The van der Waals surface area contributed by atoms with Gasteiger partial charge in [0.2, 0.25) is 0 Å². The van der Waals surface area contributed by atoms with Gasteiger partial charge in [0.25, 0.3) is 0 Å². The van der Waals surface area contributed by atoms with Gasteiger partial charge in [-0.05, 0) is 80.6 Å². The molecule has 0 N–H and O–H groups in total. The van der Waals surface area contributed by atoms with Crippen LogP contribution >= 0.6 is 67.8 Å². The first-order valence-corrected chi connectivity index (χ1v) is 6.69. The molecule has 0 atom stereocenters. The summed E-state index contributed by atoms with van der Waals surface area (Å²) in [5.74, 6) is 0. The summed E-state index contributed by atoms with van der Waals surface area (Å²) >= 11 is 7.14. The summed E-state index contributed by atoms with van der Waals surface area (Å²) in [6, 6.07) is 0. The molecular formula is C8H10I3. The Labute approximate surface area is 110 Å². The second-order valence-corrected chi connectivity index (χ2v) is 5.22. The molecule has 1 aliphatic rings. The van der Waals surface area contributed by atoms with E-state index in [0.29, 0.717) is 0 Å². The number of hydrogen-bond acceptors (Lipinski definition) is 0. The molecule has 0 nitrogen and oxygen atoms in total. The van der Waals surface area contributed by atoms with Crippen LogP contribution in [0.5, 0.6) is 0 Å². The third kappa shape index (κ3) is 4.44. The molecule has 11 heavy (non-hydrogen) atoms. The molecule has 0 spiro atoms. The zero-order valence-corrected chi connectivity index (χ0v) is 13.0. The summed E-state index contributed by atoms with van der Waals surface area (Å²) in [7, 11) is 0. The first-order valence-electron chi connectivity index (χ1n) is 3.45. The predicted octanol–water partition coefficient (Wildman–Crippen LogP) is 5.02. The van der Waals surface area contributed by atoms with E-state index in [1.54, 1.807) is 0 Å². The van der Waals surface area contributed by atoms with Crippen LogP contribution in [-0.4, -0.2) is 0 Å². The molecule has 0 amide bonds. The Morgan fingerprint density at radius 1 is 1.18 bits per heavy atom. The summed E-state index contributed by atoms with van der Waals surface area (Å²) < 4.78 is 4.24. The van der Waals surface area contributed by atoms with Crippen molar-refractivity contribution >= 4 is 67.8 Å². The van der Waals surface area contributed by atoms with Gasteiger partial charge in [0, 0.05) is 10.7 Å². The maximum atomic E-state index is 2.39. The molecule has 0 unspecified atom stereocenters. The molecule has 1 rings (SSSR count). The SMILES string of the molecule is CC.IC1=C[CH]CC(I)=C1I. The monoisotopic (exact) mass is 487 g/mol. The fraction of sp³-hybridized carbons (Fsp3) is 0.375. The molecule has 0 aromatic rings. The highest BCUT2D eigenvalue weighted by Gasteiger charge is 2.07. The van der Waals surface area contributed by atoms with Crippen LogP contribution in [0.15, 0.2) is 16.8 Å². The van der Waals surface area contributed by atoms with Crippen molar-refractivity contribution in [1.29, 1.82) is 0 Å². The van der Waals surface area contributed by atoms with E-state index < -0.39 is 0 Å². The van der Waals surface area contributed by atoms with E-state index in [0.717, 1.165) is 6.42 Å². The van der Waals surface area contributed by atoms with Crippen molar-refractivity contribution in [3.8, 4) is 0 Å². The van der Waals surface area contributed by atoms with Gasteiger partial charge in [-0.1, -0.05) is 19.9 Å². The van der Waals surface area contributed by atoms with Gasteiger partial charge in [0.1, 0.15) is 0 Å².